The molecule has 0 aliphatic carbocycles. The van der Waals surface area contributed by atoms with E-state index in [1.807, 2.05) is 12.1 Å². The van der Waals surface area contributed by atoms with Crippen molar-refractivity contribution in [2.45, 2.75) is 18.5 Å². The molecule has 1 aliphatic rings. The zero-order chi connectivity index (χ0) is 31.6. The second-order valence-corrected chi connectivity index (χ2v) is 12.6. The van der Waals surface area contributed by atoms with Crippen molar-refractivity contribution in [1.29, 1.82) is 0 Å². The van der Waals surface area contributed by atoms with E-state index in [-0.39, 0.29) is 18.5 Å². The van der Waals surface area contributed by atoms with Crippen molar-refractivity contribution < 1.29 is 8.83 Å². The quantitative estimate of drug-likeness (QED) is 0.183. The number of nitrogens with one attached hydrogen (secondary N) is 3. The minimum absolute atomic E-state index is 0.0976. The van der Waals surface area contributed by atoms with Gasteiger partial charge in [-0.05, 0) is 57.5 Å². The van der Waals surface area contributed by atoms with Crippen LogP contribution in [0.4, 0.5) is 0 Å². The maximum atomic E-state index is 6.72. The van der Waals surface area contributed by atoms with Crippen molar-refractivity contribution in [3.05, 3.63) is 168 Å². The van der Waals surface area contributed by atoms with E-state index in [4.69, 9.17) is 8.83 Å². The number of benzene rings is 7. The maximum Gasteiger partial charge on any atom is 0.143 e. The number of para-hydroxylation sites is 1. The molecule has 1 aliphatic heterocycles. The minimum atomic E-state index is -0.163. The molecule has 0 spiro atoms. The molecule has 1 fully saturated rings. The minimum Gasteiger partial charge on any atom is -0.456 e. The van der Waals surface area contributed by atoms with E-state index in [0.29, 0.717) is 0 Å². The van der Waals surface area contributed by atoms with Gasteiger partial charge in [-0.15, -0.1) is 0 Å². The van der Waals surface area contributed by atoms with Crippen molar-refractivity contribution in [2.24, 2.45) is 0 Å². The number of furan rings is 2. The van der Waals surface area contributed by atoms with E-state index in [1.165, 1.54) is 22.1 Å². The average molecular weight is 622 g/mol. The van der Waals surface area contributed by atoms with E-state index < -0.39 is 0 Å². The predicted molar refractivity (Wildman–Crippen MR) is 194 cm³/mol. The zero-order valence-corrected chi connectivity index (χ0v) is 26.0. The largest absolute Gasteiger partial charge is 0.456 e. The van der Waals surface area contributed by atoms with Gasteiger partial charge in [0.05, 0.1) is 18.5 Å². The molecule has 0 radical (unpaired) electrons. The number of fused-ring (bicyclic) bond motifs is 8. The Labute approximate surface area is 276 Å². The van der Waals surface area contributed by atoms with Gasteiger partial charge in [-0.25, -0.2) is 0 Å². The van der Waals surface area contributed by atoms with Gasteiger partial charge in [0.25, 0.3) is 0 Å². The highest BCUT2D eigenvalue weighted by Crippen LogP contribution is 2.41. The summed E-state index contributed by atoms with van der Waals surface area (Å²) < 4.78 is 13.0. The number of rotatable bonds is 4. The lowest BCUT2D eigenvalue weighted by Gasteiger charge is -2.39. The molecule has 0 saturated carbocycles. The highest BCUT2D eigenvalue weighted by atomic mass is 16.3. The summed E-state index contributed by atoms with van der Waals surface area (Å²) in [5, 5.41) is 18.3. The van der Waals surface area contributed by atoms with Crippen LogP contribution >= 0.6 is 0 Å². The molecule has 48 heavy (non-hydrogen) atoms. The number of hydrogen-bond donors (Lipinski definition) is 3. The molecule has 10 rings (SSSR count). The zero-order valence-electron chi connectivity index (χ0n) is 26.0. The monoisotopic (exact) mass is 621 g/mol. The maximum absolute atomic E-state index is 6.72. The van der Waals surface area contributed by atoms with Crippen LogP contribution < -0.4 is 16.0 Å². The Morgan fingerprint density at radius 2 is 1.06 bits per heavy atom. The summed E-state index contributed by atoms with van der Waals surface area (Å²) in [6.45, 7) is 0. The van der Waals surface area contributed by atoms with E-state index in [2.05, 4.69) is 155 Å². The first-order chi connectivity index (χ1) is 23.8. The number of hydrogen-bond acceptors (Lipinski definition) is 5. The Kier molecular flexibility index (Phi) is 6.24. The van der Waals surface area contributed by atoms with Crippen LogP contribution in [0.3, 0.4) is 0 Å². The van der Waals surface area contributed by atoms with Gasteiger partial charge in [0.2, 0.25) is 0 Å². The molecule has 9 aromatic rings. The molecule has 5 nitrogen and oxygen atoms in total. The molecule has 0 amide bonds. The Balaban J connectivity index is 1.11. The summed E-state index contributed by atoms with van der Waals surface area (Å²) >= 11 is 0. The molecular formula is C43H31N3O2. The molecule has 230 valence electrons. The Morgan fingerprint density at radius 1 is 0.396 bits per heavy atom. The highest BCUT2D eigenvalue weighted by molar-refractivity contribution is 6.19. The van der Waals surface area contributed by atoms with Gasteiger partial charge >= 0.3 is 0 Å². The van der Waals surface area contributed by atoms with Gasteiger partial charge in [0, 0.05) is 26.9 Å². The van der Waals surface area contributed by atoms with Gasteiger partial charge < -0.3 is 8.83 Å². The third-order valence-electron chi connectivity index (χ3n) is 9.80. The second kappa shape index (κ2) is 10.9. The molecule has 1 saturated heterocycles. The van der Waals surface area contributed by atoms with Crippen molar-refractivity contribution in [3.63, 3.8) is 0 Å². The van der Waals surface area contributed by atoms with Crippen LogP contribution in [-0.4, -0.2) is 0 Å². The third kappa shape index (κ3) is 4.37. The molecule has 7 aromatic carbocycles. The van der Waals surface area contributed by atoms with Crippen molar-refractivity contribution in [1.82, 2.24) is 16.0 Å². The van der Waals surface area contributed by atoms with E-state index in [1.54, 1.807) is 0 Å². The van der Waals surface area contributed by atoms with E-state index in [0.717, 1.165) is 60.4 Å². The lowest BCUT2D eigenvalue weighted by molar-refractivity contribution is 0.204. The molecule has 2 aromatic heterocycles. The molecule has 5 heteroatoms. The van der Waals surface area contributed by atoms with Crippen molar-refractivity contribution in [2.75, 3.05) is 0 Å². The van der Waals surface area contributed by atoms with Crippen molar-refractivity contribution in [3.8, 4) is 11.1 Å². The summed E-state index contributed by atoms with van der Waals surface area (Å²) in [4.78, 5) is 0. The summed E-state index contributed by atoms with van der Waals surface area (Å²) in [5.41, 5.74) is 9.39. The fourth-order valence-electron chi connectivity index (χ4n) is 7.55. The standard InChI is InChI=1S/C43H31N3O2/c1-3-12-26(13-4-1)34-25-35-30-23-22-28(24-38(30)48-40(35)31-17-8-7-16-29(31)34)42-44-41(27-14-5-2-6-15-27)45-43(46-42)33-19-11-21-37-39(33)32-18-9-10-20-36(32)47-37/h1-25,41-46H. The van der Waals surface area contributed by atoms with Crippen LogP contribution in [0.2, 0.25) is 0 Å². The van der Waals surface area contributed by atoms with Crippen LogP contribution in [0.5, 0.6) is 0 Å². The SMILES string of the molecule is c1ccc(-c2cc3c4ccc(C5NC(c6ccccc6)NC(c6cccc7oc8ccccc8c67)N5)cc4oc3c3ccccc23)cc1. The van der Waals surface area contributed by atoms with Gasteiger partial charge in [0.15, 0.2) is 0 Å². The van der Waals surface area contributed by atoms with Crippen LogP contribution in [-0.2, 0) is 0 Å². The molecular weight excluding hydrogens is 590 g/mol. The van der Waals surface area contributed by atoms with Crippen LogP contribution in [0, 0.1) is 0 Å². The van der Waals surface area contributed by atoms with Gasteiger partial charge in [-0.2, -0.15) is 0 Å². The van der Waals surface area contributed by atoms with E-state index >= 15 is 0 Å². The molecule has 0 bridgehead atoms. The molecule has 3 unspecified atom stereocenters. The summed E-state index contributed by atoms with van der Waals surface area (Å²) in [6, 6.07) is 53.2. The Bertz CT molecular complexity index is 2620. The lowest BCUT2D eigenvalue weighted by atomic mass is 9.95. The fraction of sp³-hybridized carbons (Fsp3) is 0.0698. The Hall–Kier alpha value is -5.72. The highest BCUT2D eigenvalue weighted by Gasteiger charge is 2.31. The average Bonchev–Trinajstić information content (AvgIpc) is 3.73. The van der Waals surface area contributed by atoms with Gasteiger partial charge in [0.1, 0.15) is 22.3 Å². The van der Waals surface area contributed by atoms with Gasteiger partial charge in [-0.1, -0.05) is 127 Å². The van der Waals surface area contributed by atoms with Gasteiger partial charge in [-0.3, -0.25) is 16.0 Å². The second-order valence-electron chi connectivity index (χ2n) is 12.6. The molecule has 3 heterocycles. The topological polar surface area (TPSA) is 62.4 Å². The summed E-state index contributed by atoms with van der Waals surface area (Å²) in [5.74, 6) is 0. The van der Waals surface area contributed by atoms with E-state index in [9.17, 15) is 0 Å². The van der Waals surface area contributed by atoms with Crippen LogP contribution in [0.15, 0.2) is 160 Å². The van der Waals surface area contributed by atoms with Crippen LogP contribution in [0.1, 0.15) is 35.2 Å². The van der Waals surface area contributed by atoms with Crippen molar-refractivity contribution >= 4 is 54.6 Å². The fourth-order valence-corrected chi connectivity index (χ4v) is 7.55. The first kappa shape index (κ1) is 27.4. The molecule has 3 atom stereocenters. The predicted octanol–water partition coefficient (Wildman–Crippen LogP) is 10.5. The summed E-state index contributed by atoms with van der Waals surface area (Å²) in [6.07, 6.45) is -0.418. The summed E-state index contributed by atoms with van der Waals surface area (Å²) in [7, 11) is 0. The third-order valence-corrected chi connectivity index (χ3v) is 9.80. The first-order valence-electron chi connectivity index (χ1n) is 16.5. The Morgan fingerprint density at radius 3 is 1.90 bits per heavy atom. The first-order valence-corrected chi connectivity index (χ1v) is 16.5. The van der Waals surface area contributed by atoms with Crippen LogP contribution in [0.25, 0.3) is 65.8 Å². The smallest absolute Gasteiger partial charge is 0.143 e. The molecule has 3 N–H and O–H groups in total. The lowest BCUT2D eigenvalue weighted by Crippen LogP contribution is -2.54. The normalized spacial score (nSPS) is 18.4.